The number of primary amides is 1. The van der Waals surface area contributed by atoms with Crippen molar-refractivity contribution in [1.82, 2.24) is 0 Å². The molecule has 1 aliphatic rings. The normalized spacial score (nSPS) is 14.8. The van der Waals surface area contributed by atoms with Gasteiger partial charge in [-0.1, -0.05) is 23.2 Å². The molecule has 0 radical (unpaired) electrons. The van der Waals surface area contributed by atoms with Gasteiger partial charge in [0.15, 0.2) is 5.76 Å². The number of benzene rings is 1. The highest BCUT2D eigenvalue weighted by atomic mass is 35.5. The average Bonchev–Trinajstić information content (AvgIpc) is 3.19. The highest BCUT2D eigenvalue weighted by molar-refractivity contribution is 7.11. The lowest BCUT2D eigenvalue weighted by atomic mass is 10.0. The maximum Gasteiger partial charge on any atom is 0.336 e. The molecule has 0 spiro atoms. The second-order valence-corrected chi connectivity index (χ2v) is 7.44. The molecule has 30 heavy (non-hydrogen) atoms. The Hall–Kier alpha value is -3.21. The van der Waals surface area contributed by atoms with Crippen molar-refractivity contribution in [2.75, 3.05) is 4.90 Å². The molecule has 1 aromatic heterocycles. The molecule has 0 unspecified atom stereocenters. The van der Waals surface area contributed by atoms with Crippen LogP contribution >= 0.6 is 34.5 Å². The van der Waals surface area contributed by atoms with Gasteiger partial charge in [0.1, 0.15) is 5.82 Å². The number of anilines is 1. The number of carbonyl (C=O) groups is 4. The number of hydrogen-bond donors (Lipinski definition) is 2. The molecule has 1 aromatic carbocycles. The van der Waals surface area contributed by atoms with Crippen molar-refractivity contribution in [2.24, 2.45) is 5.73 Å². The van der Waals surface area contributed by atoms with Crippen molar-refractivity contribution in [1.29, 1.82) is 0 Å². The zero-order chi connectivity index (χ0) is 22.2. The number of rotatable bonds is 4. The minimum absolute atomic E-state index is 0.102. The van der Waals surface area contributed by atoms with E-state index in [1.165, 1.54) is 11.4 Å². The fourth-order valence-corrected chi connectivity index (χ4v) is 3.85. The molecule has 2 aromatic rings. The number of nitrogens with two attached hydrogens (primary N) is 1. The topological polar surface area (TPSA) is 127 Å². The third-order valence-electron chi connectivity index (χ3n) is 3.77. The zero-order valence-corrected chi connectivity index (χ0v) is 16.8. The van der Waals surface area contributed by atoms with Crippen LogP contribution in [0, 0.1) is 5.82 Å². The fraction of sp³-hybridized carbons (Fsp3) is 0. The van der Waals surface area contributed by atoms with Gasteiger partial charge >= 0.3 is 18.0 Å². The first-order valence-corrected chi connectivity index (χ1v) is 9.48. The van der Waals surface area contributed by atoms with Gasteiger partial charge in [-0.05, 0) is 18.2 Å². The van der Waals surface area contributed by atoms with E-state index in [1.807, 2.05) is 0 Å². The van der Waals surface area contributed by atoms with Crippen molar-refractivity contribution < 1.29 is 33.4 Å². The van der Waals surface area contributed by atoms with Gasteiger partial charge in [-0.25, -0.2) is 23.7 Å². The van der Waals surface area contributed by atoms with Crippen LogP contribution in [0.1, 0.15) is 10.4 Å². The van der Waals surface area contributed by atoms with Gasteiger partial charge in [0.2, 0.25) is 0 Å². The van der Waals surface area contributed by atoms with E-state index in [9.17, 15) is 23.6 Å². The molecule has 0 fully saturated rings. The summed E-state index contributed by atoms with van der Waals surface area (Å²) >= 11 is 12.7. The Morgan fingerprint density at radius 1 is 1.20 bits per heavy atom. The second kappa shape index (κ2) is 8.27. The third kappa shape index (κ3) is 4.06. The predicted octanol–water partition coefficient (Wildman–Crippen LogP) is 3.67. The van der Waals surface area contributed by atoms with Gasteiger partial charge in [-0.2, -0.15) is 0 Å². The molecule has 1 aliphatic heterocycles. The number of halogens is 3. The third-order valence-corrected chi connectivity index (χ3v) is 5.34. The molecule has 0 saturated carbocycles. The summed E-state index contributed by atoms with van der Waals surface area (Å²) in [5.74, 6) is -4.78. The summed E-state index contributed by atoms with van der Waals surface area (Å²) in [6.07, 6.45) is 1.15. The Bertz CT molecular complexity index is 1170. The van der Waals surface area contributed by atoms with E-state index in [4.69, 9.17) is 38.8 Å². The predicted molar refractivity (Wildman–Crippen MR) is 107 cm³/mol. The number of esters is 1. The number of ether oxygens (including phenoxy) is 1. The summed E-state index contributed by atoms with van der Waals surface area (Å²) in [5.41, 5.74) is 4.72. The van der Waals surface area contributed by atoms with Crippen LogP contribution in [0.15, 0.2) is 35.7 Å². The van der Waals surface area contributed by atoms with Crippen LogP contribution < -0.4 is 10.6 Å². The minimum Gasteiger partial charge on any atom is -0.478 e. The number of amides is 3. The number of thiophene rings is 1. The molecule has 3 amide bonds. The summed E-state index contributed by atoms with van der Waals surface area (Å²) in [6, 6.07) is 2.13. The lowest BCUT2D eigenvalue weighted by Crippen LogP contribution is -2.38. The molecule has 0 atom stereocenters. The first-order valence-electron chi connectivity index (χ1n) is 7.85. The molecular formula is C18H9Cl2FN2O6S. The summed E-state index contributed by atoms with van der Waals surface area (Å²) in [6.45, 7) is 0. The minimum atomic E-state index is -1.40. The number of carboxylic acids is 1. The van der Waals surface area contributed by atoms with Crippen molar-refractivity contribution >= 4 is 75.4 Å². The van der Waals surface area contributed by atoms with E-state index < -0.39 is 29.7 Å². The van der Waals surface area contributed by atoms with Crippen LogP contribution in [-0.2, 0) is 19.1 Å². The van der Waals surface area contributed by atoms with Gasteiger partial charge in [0.25, 0.3) is 5.91 Å². The largest absolute Gasteiger partial charge is 0.478 e. The number of urea groups is 1. The van der Waals surface area contributed by atoms with Gasteiger partial charge in [-0.15, -0.1) is 11.3 Å². The fourth-order valence-electron chi connectivity index (χ4n) is 2.63. The molecule has 0 saturated heterocycles. The Balaban J connectivity index is 2.27. The van der Waals surface area contributed by atoms with Gasteiger partial charge in [-0.3, -0.25) is 4.79 Å². The van der Waals surface area contributed by atoms with Crippen LogP contribution in [0.5, 0.6) is 0 Å². The first kappa shape index (κ1) is 21.5. The number of hydrogen-bond acceptors (Lipinski definition) is 6. The molecule has 0 bridgehead atoms. The Labute approximate surface area is 181 Å². The van der Waals surface area contributed by atoms with Crippen molar-refractivity contribution in [3.63, 3.8) is 0 Å². The molecule has 8 nitrogen and oxygen atoms in total. The Kier molecular flexibility index (Phi) is 5.92. The molecule has 3 N–H and O–H groups in total. The van der Waals surface area contributed by atoms with E-state index in [0.29, 0.717) is 17.1 Å². The van der Waals surface area contributed by atoms with Gasteiger partial charge in [0.05, 0.1) is 26.2 Å². The summed E-state index contributed by atoms with van der Waals surface area (Å²) < 4.78 is 19.3. The highest BCUT2D eigenvalue weighted by Crippen LogP contribution is 2.44. The van der Waals surface area contributed by atoms with Crippen LogP contribution in [0.3, 0.4) is 0 Å². The van der Waals surface area contributed by atoms with Crippen LogP contribution in [0.25, 0.3) is 11.3 Å². The van der Waals surface area contributed by atoms with Crippen LogP contribution in [-0.4, -0.2) is 29.0 Å². The maximum absolute atomic E-state index is 14.1. The van der Waals surface area contributed by atoms with Gasteiger partial charge in [0, 0.05) is 23.1 Å². The molecule has 154 valence electrons. The molecule has 0 aliphatic carbocycles. The smallest absolute Gasteiger partial charge is 0.336 e. The van der Waals surface area contributed by atoms with E-state index in [2.05, 4.69) is 0 Å². The number of imide groups is 1. The standard InChI is InChI=1S/C18H9Cl2FN2O6S/c19-7-3-12(30-6-7)16(29-14(26)2-1-13(24)25)15-8-4-10(21)9(20)5-11(8)23(17(15)27)18(22)28/h1-6H,(H2,22,28)(H,24,25). The van der Waals surface area contributed by atoms with Crippen molar-refractivity contribution in [3.05, 3.63) is 62.0 Å². The summed E-state index contributed by atoms with van der Waals surface area (Å²) in [7, 11) is 0. The molecule has 3 rings (SSSR count). The number of carboxylic acid groups (broad SMARTS) is 1. The lowest BCUT2D eigenvalue weighted by Gasteiger charge is -2.12. The van der Waals surface area contributed by atoms with Crippen molar-refractivity contribution in [3.8, 4) is 0 Å². The maximum atomic E-state index is 14.1. The van der Waals surface area contributed by atoms with Crippen LogP contribution in [0.2, 0.25) is 10.0 Å². The number of aliphatic carboxylic acids is 1. The first-order chi connectivity index (χ1) is 14.1. The number of nitrogens with zero attached hydrogens (tertiary/aromatic N) is 1. The van der Waals surface area contributed by atoms with E-state index in [1.54, 1.807) is 0 Å². The molecule has 2 heterocycles. The van der Waals surface area contributed by atoms with Crippen molar-refractivity contribution in [2.45, 2.75) is 0 Å². The molecule has 12 heteroatoms. The van der Waals surface area contributed by atoms with Gasteiger partial charge < -0.3 is 15.6 Å². The summed E-state index contributed by atoms with van der Waals surface area (Å²) in [5, 5.41) is 10.0. The highest BCUT2D eigenvalue weighted by Gasteiger charge is 2.40. The van der Waals surface area contributed by atoms with E-state index in [0.717, 1.165) is 23.5 Å². The van der Waals surface area contributed by atoms with Crippen LogP contribution in [0.4, 0.5) is 14.9 Å². The lowest BCUT2D eigenvalue weighted by molar-refractivity contribution is -0.134. The molecular weight excluding hydrogens is 462 g/mol. The number of carbonyl (C=O) groups excluding carboxylic acids is 3. The quantitative estimate of drug-likeness (QED) is 0.398. The monoisotopic (exact) mass is 470 g/mol. The van der Waals surface area contributed by atoms with E-state index in [-0.39, 0.29) is 37.5 Å². The van der Waals surface area contributed by atoms with E-state index >= 15 is 0 Å². The zero-order valence-electron chi connectivity index (χ0n) is 14.5. The average molecular weight is 471 g/mol. The Morgan fingerprint density at radius 2 is 1.90 bits per heavy atom. The summed E-state index contributed by atoms with van der Waals surface area (Å²) in [4.78, 5) is 48.3. The SMILES string of the molecule is NC(=O)N1C(=O)C(=C(OC(=O)C=CC(=O)O)c2cc(Cl)cs2)c2cc(F)c(Cl)cc21. The second-order valence-electron chi connectivity index (χ2n) is 5.69. The Morgan fingerprint density at radius 3 is 2.47 bits per heavy atom. The number of fused-ring (bicyclic) bond motifs is 1.